The Hall–Kier alpha value is -1.76. The van der Waals surface area contributed by atoms with Gasteiger partial charge in [0.15, 0.2) is 0 Å². The van der Waals surface area contributed by atoms with Crippen LogP contribution in [0.15, 0.2) is 48.5 Å². The Labute approximate surface area is 97.3 Å². The standard InChI is InChI=1S/C15H17N/c1-12-9-14(11-15(10-12)16(2)3)13-7-5-4-6-8-13/h4-11H,1-3H3. The zero-order chi connectivity index (χ0) is 11.5. The van der Waals surface area contributed by atoms with Crippen molar-refractivity contribution in [1.82, 2.24) is 0 Å². The highest BCUT2D eigenvalue weighted by molar-refractivity contribution is 5.69. The molecule has 0 aromatic heterocycles. The van der Waals surface area contributed by atoms with Gasteiger partial charge >= 0.3 is 0 Å². The largest absolute Gasteiger partial charge is 0.378 e. The summed E-state index contributed by atoms with van der Waals surface area (Å²) in [6.07, 6.45) is 0. The van der Waals surface area contributed by atoms with Gasteiger partial charge in [0, 0.05) is 19.8 Å². The molecular weight excluding hydrogens is 194 g/mol. The van der Waals surface area contributed by atoms with E-state index in [-0.39, 0.29) is 0 Å². The third-order valence-electron chi connectivity index (χ3n) is 2.69. The first kappa shape index (κ1) is 10.7. The van der Waals surface area contributed by atoms with E-state index in [0.717, 1.165) is 0 Å². The molecule has 0 saturated carbocycles. The zero-order valence-electron chi connectivity index (χ0n) is 10.1. The minimum atomic E-state index is 1.25. The quantitative estimate of drug-likeness (QED) is 0.731. The molecule has 16 heavy (non-hydrogen) atoms. The Bertz CT molecular complexity index is 472. The number of rotatable bonds is 2. The fourth-order valence-corrected chi connectivity index (χ4v) is 1.82. The first-order valence-corrected chi connectivity index (χ1v) is 5.51. The summed E-state index contributed by atoms with van der Waals surface area (Å²) in [5.74, 6) is 0. The lowest BCUT2D eigenvalue weighted by Crippen LogP contribution is -2.08. The third kappa shape index (κ3) is 2.25. The Morgan fingerprint density at radius 3 is 2.12 bits per heavy atom. The van der Waals surface area contributed by atoms with E-state index in [4.69, 9.17) is 0 Å². The molecule has 1 heteroatoms. The third-order valence-corrected chi connectivity index (χ3v) is 2.69. The fraction of sp³-hybridized carbons (Fsp3) is 0.200. The van der Waals surface area contributed by atoms with Crippen LogP contribution >= 0.6 is 0 Å². The Morgan fingerprint density at radius 1 is 0.812 bits per heavy atom. The number of hydrogen-bond donors (Lipinski definition) is 0. The SMILES string of the molecule is Cc1cc(-c2ccccc2)cc(N(C)C)c1. The number of nitrogens with zero attached hydrogens (tertiary/aromatic N) is 1. The van der Waals surface area contributed by atoms with Gasteiger partial charge in [0.25, 0.3) is 0 Å². The average molecular weight is 211 g/mol. The molecule has 0 bridgehead atoms. The predicted octanol–water partition coefficient (Wildman–Crippen LogP) is 3.73. The summed E-state index contributed by atoms with van der Waals surface area (Å²) in [7, 11) is 4.15. The minimum Gasteiger partial charge on any atom is -0.378 e. The normalized spacial score (nSPS) is 10.2. The van der Waals surface area contributed by atoms with Crippen molar-refractivity contribution < 1.29 is 0 Å². The molecule has 0 aliphatic carbocycles. The highest BCUT2D eigenvalue weighted by Gasteiger charge is 2.02. The van der Waals surface area contributed by atoms with Crippen LogP contribution in [-0.2, 0) is 0 Å². The highest BCUT2D eigenvalue weighted by atomic mass is 15.1. The van der Waals surface area contributed by atoms with Gasteiger partial charge in [-0.25, -0.2) is 0 Å². The molecule has 0 unspecified atom stereocenters. The topological polar surface area (TPSA) is 3.24 Å². The second kappa shape index (κ2) is 4.40. The van der Waals surface area contributed by atoms with Crippen LogP contribution in [0.1, 0.15) is 5.56 Å². The van der Waals surface area contributed by atoms with Crippen molar-refractivity contribution >= 4 is 5.69 Å². The van der Waals surface area contributed by atoms with Crippen LogP contribution in [-0.4, -0.2) is 14.1 Å². The average Bonchev–Trinajstić information content (AvgIpc) is 2.29. The summed E-state index contributed by atoms with van der Waals surface area (Å²) in [6, 6.07) is 17.1. The van der Waals surface area contributed by atoms with E-state index in [1.54, 1.807) is 0 Å². The Morgan fingerprint density at radius 2 is 1.50 bits per heavy atom. The maximum atomic E-state index is 2.22. The van der Waals surface area contributed by atoms with Gasteiger partial charge in [-0.2, -0.15) is 0 Å². The van der Waals surface area contributed by atoms with Crippen molar-refractivity contribution in [3.05, 3.63) is 54.1 Å². The molecule has 0 fully saturated rings. The van der Waals surface area contributed by atoms with E-state index < -0.39 is 0 Å². The highest BCUT2D eigenvalue weighted by Crippen LogP contribution is 2.25. The molecule has 0 amide bonds. The first-order chi connectivity index (χ1) is 7.66. The maximum Gasteiger partial charge on any atom is 0.0369 e. The monoisotopic (exact) mass is 211 g/mol. The summed E-state index contributed by atoms with van der Waals surface area (Å²) in [5.41, 5.74) is 5.10. The molecule has 2 aromatic rings. The summed E-state index contributed by atoms with van der Waals surface area (Å²) in [6.45, 7) is 2.14. The fourth-order valence-electron chi connectivity index (χ4n) is 1.82. The molecule has 0 aliphatic heterocycles. The van der Waals surface area contributed by atoms with E-state index in [1.165, 1.54) is 22.4 Å². The van der Waals surface area contributed by atoms with Crippen molar-refractivity contribution in [2.45, 2.75) is 6.92 Å². The predicted molar refractivity (Wildman–Crippen MR) is 70.9 cm³/mol. The number of hydrogen-bond acceptors (Lipinski definition) is 1. The lowest BCUT2D eigenvalue weighted by molar-refractivity contribution is 1.13. The van der Waals surface area contributed by atoms with Crippen LogP contribution in [0.2, 0.25) is 0 Å². The van der Waals surface area contributed by atoms with Crippen LogP contribution < -0.4 is 4.90 Å². The van der Waals surface area contributed by atoms with E-state index in [2.05, 4.69) is 68.4 Å². The summed E-state index contributed by atoms with van der Waals surface area (Å²) in [4.78, 5) is 2.14. The number of benzene rings is 2. The summed E-state index contributed by atoms with van der Waals surface area (Å²) >= 11 is 0. The molecule has 82 valence electrons. The van der Waals surface area contributed by atoms with Gasteiger partial charge in [-0.1, -0.05) is 36.4 Å². The molecule has 0 radical (unpaired) electrons. The van der Waals surface area contributed by atoms with Gasteiger partial charge < -0.3 is 4.90 Å². The molecular formula is C15H17N. The van der Waals surface area contributed by atoms with Crippen molar-refractivity contribution in [3.63, 3.8) is 0 Å². The summed E-state index contributed by atoms with van der Waals surface area (Å²) in [5, 5.41) is 0. The molecule has 0 atom stereocenters. The van der Waals surface area contributed by atoms with Gasteiger partial charge in [-0.05, 0) is 35.7 Å². The van der Waals surface area contributed by atoms with Gasteiger partial charge in [0.05, 0.1) is 0 Å². The van der Waals surface area contributed by atoms with Crippen LogP contribution in [0, 0.1) is 6.92 Å². The van der Waals surface area contributed by atoms with Gasteiger partial charge in [-0.3, -0.25) is 0 Å². The molecule has 2 aromatic carbocycles. The van der Waals surface area contributed by atoms with Crippen LogP contribution in [0.3, 0.4) is 0 Å². The Kier molecular flexibility index (Phi) is 2.95. The first-order valence-electron chi connectivity index (χ1n) is 5.51. The lowest BCUT2D eigenvalue weighted by Gasteiger charge is -2.15. The second-order valence-corrected chi connectivity index (χ2v) is 4.32. The van der Waals surface area contributed by atoms with E-state index >= 15 is 0 Å². The molecule has 0 spiro atoms. The minimum absolute atomic E-state index is 1.25. The van der Waals surface area contributed by atoms with Crippen LogP contribution in [0.25, 0.3) is 11.1 Å². The van der Waals surface area contributed by atoms with E-state index in [9.17, 15) is 0 Å². The molecule has 0 heterocycles. The molecule has 0 aliphatic rings. The van der Waals surface area contributed by atoms with Gasteiger partial charge in [0.1, 0.15) is 0 Å². The lowest BCUT2D eigenvalue weighted by atomic mass is 10.0. The maximum absolute atomic E-state index is 2.22. The number of anilines is 1. The Balaban J connectivity index is 2.50. The van der Waals surface area contributed by atoms with Crippen molar-refractivity contribution in [2.24, 2.45) is 0 Å². The molecule has 1 nitrogen and oxygen atoms in total. The van der Waals surface area contributed by atoms with Gasteiger partial charge in [-0.15, -0.1) is 0 Å². The summed E-state index contributed by atoms with van der Waals surface area (Å²) < 4.78 is 0. The number of aryl methyl sites for hydroxylation is 1. The smallest absolute Gasteiger partial charge is 0.0369 e. The zero-order valence-corrected chi connectivity index (χ0v) is 10.1. The second-order valence-electron chi connectivity index (χ2n) is 4.32. The molecule has 0 N–H and O–H groups in total. The van der Waals surface area contributed by atoms with Crippen molar-refractivity contribution in [3.8, 4) is 11.1 Å². The van der Waals surface area contributed by atoms with Crippen LogP contribution in [0.4, 0.5) is 5.69 Å². The molecule has 2 rings (SSSR count). The van der Waals surface area contributed by atoms with E-state index in [0.29, 0.717) is 0 Å². The van der Waals surface area contributed by atoms with Crippen molar-refractivity contribution in [2.75, 3.05) is 19.0 Å². The van der Waals surface area contributed by atoms with Crippen LogP contribution in [0.5, 0.6) is 0 Å². The molecule has 0 saturated heterocycles. The van der Waals surface area contributed by atoms with Gasteiger partial charge in [0.2, 0.25) is 0 Å². The van der Waals surface area contributed by atoms with Crippen molar-refractivity contribution in [1.29, 1.82) is 0 Å². The van der Waals surface area contributed by atoms with E-state index in [1.807, 2.05) is 6.07 Å².